The number of nitrogens with zero attached hydrogens (tertiary/aromatic N) is 2. The van der Waals surface area contributed by atoms with Crippen LogP contribution in [0.15, 0.2) is 59.7 Å². The first kappa shape index (κ1) is 36.0. The van der Waals surface area contributed by atoms with Crippen LogP contribution in [0.1, 0.15) is 125 Å². The lowest BCUT2D eigenvalue weighted by molar-refractivity contribution is 0.169. The summed E-state index contributed by atoms with van der Waals surface area (Å²) in [4.78, 5) is 4.92. The average molecular weight is 599 g/mol. The third kappa shape index (κ3) is 7.32. The molecule has 44 heavy (non-hydrogen) atoms. The first-order valence-electron chi connectivity index (χ1n) is 17.5. The SMILES string of the molecule is CCN(CC)c1ccc(C(C2=CCC(C(C)(C)C(C)(C)C)=CC(C(C)(C)C)C2C)c2ccc(N(CC)CC)cc2C)c(C)c1. The Morgan fingerprint density at radius 1 is 0.705 bits per heavy atom. The van der Waals surface area contributed by atoms with Crippen molar-refractivity contribution < 1.29 is 0 Å². The zero-order valence-corrected chi connectivity index (χ0v) is 31.3. The maximum atomic E-state index is 2.70. The minimum Gasteiger partial charge on any atom is -0.372 e. The molecule has 0 bridgehead atoms. The van der Waals surface area contributed by atoms with E-state index < -0.39 is 0 Å². The van der Waals surface area contributed by atoms with Crippen molar-refractivity contribution in [2.75, 3.05) is 36.0 Å². The van der Waals surface area contributed by atoms with Gasteiger partial charge in [-0.1, -0.05) is 97.7 Å². The summed E-state index contributed by atoms with van der Waals surface area (Å²) in [5, 5.41) is 0. The fourth-order valence-corrected chi connectivity index (χ4v) is 7.44. The van der Waals surface area contributed by atoms with E-state index in [9.17, 15) is 0 Å². The predicted octanol–water partition coefficient (Wildman–Crippen LogP) is 11.8. The van der Waals surface area contributed by atoms with Gasteiger partial charge < -0.3 is 9.80 Å². The van der Waals surface area contributed by atoms with E-state index in [-0.39, 0.29) is 22.2 Å². The third-order valence-corrected chi connectivity index (χ3v) is 11.4. The number of benzene rings is 2. The van der Waals surface area contributed by atoms with Crippen molar-refractivity contribution in [3.8, 4) is 0 Å². The maximum absolute atomic E-state index is 2.70. The standard InChI is InChI=1S/C42H66N2/c1-16-43(17-2)33-21-24-35(29(5)26-33)39(36-25-22-34(27-30(36)6)44(18-3)19-4)37-23-20-32(42(14,15)41(11,12)13)28-38(31(37)7)40(8,9)10/h21-28,31,38-39H,16-20H2,1-15H3. The normalized spacial score (nSPS) is 18.2. The predicted molar refractivity (Wildman–Crippen MR) is 197 cm³/mol. The van der Waals surface area contributed by atoms with Gasteiger partial charge in [0.1, 0.15) is 0 Å². The van der Waals surface area contributed by atoms with E-state index in [0.29, 0.717) is 11.8 Å². The number of aryl methyl sites for hydroxylation is 2. The smallest absolute Gasteiger partial charge is 0.0368 e. The monoisotopic (exact) mass is 599 g/mol. The van der Waals surface area contributed by atoms with E-state index in [0.717, 1.165) is 32.6 Å². The summed E-state index contributed by atoms with van der Waals surface area (Å²) in [5.74, 6) is 1.08. The highest BCUT2D eigenvalue weighted by atomic mass is 15.1. The van der Waals surface area contributed by atoms with Gasteiger partial charge >= 0.3 is 0 Å². The van der Waals surface area contributed by atoms with Crippen molar-refractivity contribution in [1.29, 1.82) is 0 Å². The molecule has 3 rings (SSSR count). The van der Waals surface area contributed by atoms with Gasteiger partial charge in [0.15, 0.2) is 0 Å². The number of anilines is 2. The Hall–Kier alpha value is -2.48. The molecule has 2 nitrogen and oxygen atoms in total. The Kier molecular flexibility index (Phi) is 11.4. The van der Waals surface area contributed by atoms with Crippen LogP contribution in [-0.4, -0.2) is 26.2 Å². The quantitative estimate of drug-likeness (QED) is 0.251. The highest BCUT2D eigenvalue weighted by Crippen LogP contribution is 2.52. The van der Waals surface area contributed by atoms with Crippen LogP contribution in [0.4, 0.5) is 11.4 Å². The number of hydrogen-bond acceptors (Lipinski definition) is 2. The second kappa shape index (κ2) is 13.9. The molecule has 0 N–H and O–H groups in total. The van der Waals surface area contributed by atoms with Crippen LogP contribution < -0.4 is 9.80 Å². The summed E-state index contributed by atoms with van der Waals surface area (Å²) in [6, 6.07) is 14.5. The molecular formula is C42H66N2. The molecule has 1 aliphatic rings. The summed E-state index contributed by atoms with van der Waals surface area (Å²) in [6.07, 6.45) is 6.36. The molecule has 0 saturated carbocycles. The molecule has 1 aliphatic carbocycles. The van der Waals surface area contributed by atoms with Crippen LogP contribution >= 0.6 is 0 Å². The first-order chi connectivity index (χ1) is 20.4. The Labute approximate surface area is 273 Å². The van der Waals surface area contributed by atoms with Gasteiger partial charge in [-0.25, -0.2) is 0 Å². The third-order valence-electron chi connectivity index (χ3n) is 11.4. The number of rotatable bonds is 10. The van der Waals surface area contributed by atoms with Gasteiger partial charge in [0, 0.05) is 43.5 Å². The van der Waals surface area contributed by atoms with E-state index in [2.05, 4.69) is 162 Å². The summed E-state index contributed by atoms with van der Waals surface area (Å²) < 4.78 is 0. The first-order valence-corrected chi connectivity index (χ1v) is 17.5. The summed E-state index contributed by atoms with van der Waals surface area (Å²) in [5.41, 5.74) is 11.9. The minimum atomic E-state index is 0.0975. The van der Waals surface area contributed by atoms with Crippen molar-refractivity contribution in [2.45, 2.75) is 116 Å². The van der Waals surface area contributed by atoms with Gasteiger partial charge in [-0.15, -0.1) is 0 Å². The zero-order valence-electron chi connectivity index (χ0n) is 31.3. The van der Waals surface area contributed by atoms with E-state index in [1.165, 1.54) is 33.6 Å². The Bertz CT molecular complexity index is 1260. The molecule has 0 saturated heterocycles. The summed E-state index contributed by atoms with van der Waals surface area (Å²) in [6.45, 7) is 39.8. The second-order valence-electron chi connectivity index (χ2n) is 16.0. The van der Waals surface area contributed by atoms with Gasteiger partial charge in [-0.3, -0.25) is 0 Å². The lowest BCUT2D eigenvalue weighted by Gasteiger charge is -2.42. The van der Waals surface area contributed by atoms with Crippen LogP contribution in [0.5, 0.6) is 0 Å². The fraction of sp³-hybridized carbons (Fsp3) is 0.619. The Morgan fingerprint density at radius 2 is 1.14 bits per heavy atom. The summed E-state index contributed by atoms with van der Waals surface area (Å²) >= 11 is 0. The molecular weight excluding hydrogens is 532 g/mol. The van der Waals surface area contributed by atoms with Crippen molar-refractivity contribution in [3.05, 3.63) is 82.0 Å². The lowest BCUT2D eigenvalue weighted by atomic mass is 9.62. The van der Waals surface area contributed by atoms with Crippen molar-refractivity contribution in [3.63, 3.8) is 0 Å². The van der Waals surface area contributed by atoms with Crippen LogP contribution in [0.2, 0.25) is 0 Å². The average Bonchev–Trinajstić information content (AvgIpc) is 3.11. The molecule has 2 aromatic rings. The van der Waals surface area contributed by atoms with Gasteiger partial charge in [0.2, 0.25) is 0 Å². The van der Waals surface area contributed by atoms with Crippen LogP contribution in [0, 0.1) is 41.9 Å². The molecule has 0 fully saturated rings. The largest absolute Gasteiger partial charge is 0.372 e. The molecule has 0 spiro atoms. The molecule has 0 heterocycles. The van der Waals surface area contributed by atoms with Crippen molar-refractivity contribution in [1.82, 2.24) is 0 Å². The van der Waals surface area contributed by atoms with E-state index in [1.54, 1.807) is 11.1 Å². The van der Waals surface area contributed by atoms with Crippen LogP contribution in [-0.2, 0) is 0 Å². The van der Waals surface area contributed by atoms with Gasteiger partial charge in [0.05, 0.1) is 0 Å². The summed E-state index contributed by atoms with van der Waals surface area (Å²) in [7, 11) is 0. The minimum absolute atomic E-state index is 0.0975. The molecule has 2 heteroatoms. The fourth-order valence-electron chi connectivity index (χ4n) is 7.44. The maximum Gasteiger partial charge on any atom is 0.0368 e. The van der Waals surface area contributed by atoms with E-state index in [4.69, 9.17) is 0 Å². The van der Waals surface area contributed by atoms with E-state index in [1.807, 2.05) is 0 Å². The number of allylic oxidation sites excluding steroid dienone is 4. The molecule has 2 atom stereocenters. The highest BCUT2D eigenvalue weighted by Gasteiger charge is 2.41. The Balaban J connectivity index is 2.32. The second-order valence-corrected chi connectivity index (χ2v) is 16.0. The Morgan fingerprint density at radius 3 is 1.48 bits per heavy atom. The molecule has 0 aromatic heterocycles. The molecule has 0 amide bonds. The lowest BCUT2D eigenvalue weighted by Crippen LogP contribution is -2.33. The van der Waals surface area contributed by atoms with Crippen molar-refractivity contribution >= 4 is 11.4 Å². The molecule has 0 radical (unpaired) electrons. The van der Waals surface area contributed by atoms with Crippen LogP contribution in [0.25, 0.3) is 0 Å². The van der Waals surface area contributed by atoms with E-state index >= 15 is 0 Å². The van der Waals surface area contributed by atoms with Gasteiger partial charge in [0.25, 0.3) is 0 Å². The molecule has 0 aliphatic heterocycles. The zero-order chi connectivity index (χ0) is 33.2. The molecule has 2 unspecified atom stereocenters. The van der Waals surface area contributed by atoms with Gasteiger partial charge in [-0.05, 0) is 123 Å². The molecule has 2 aromatic carbocycles. The van der Waals surface area contributed by atoms with Gasteiger partial charge in [-0.2, -0.15) is 0 Å². The highest BCUT2D eigenvalue weighted by molar-refractivity contribution is 5.58. The topological polar surface area (TPSA) is 6.48 Å². The molecule has 244 valence electrons. The van der Waals surface area contributed by atoms with Crippen molar-refractivity contribution in [2.24, 2.45) is 28.1 Å². The number of hydrogen-bond donors (Lipinski definition) is 0. The van der Waals surface area contributed by atoms with Crippen LogP contribution in [0.3, 0.4) is 0 Å².